The van der Waals surface area contributed by atoms with E-state index in [0.29, 0.717) is 12.1 Å². The van der Waals surface area contributed by atoms with Crippen LogP contribution < -0.4 is 5.32 Å². The minimum absolute atomic E-state index is 0.0187. The third-order valence-electron chi connectivity index (χ3n) is 2.56. The predicted octanol–water partition coefficient (Wildman–Crippen LogP) is 3.49. The lowest BCUT2D eigenvalue weighted by Crippen LogP contribution is -2.24. The second kappa shape index (κ2) is 6.58. The molecule has 0 spiro atoms. The van der Waals surface area contributed by atoms with Crippen LogP contribution in [-0.4, -0.2) is 28.3 Å². The molecular weight excluding hydrogens is 273 g/mol. The number of pyridine rings is 1. The molecular formula is C13H17F3N2O2. The number of carbonyl (C=O) groups is 1. The average molecular weight is 290 g/mol. The molecule has 1 atom stereocenters. The van der Waals surface area contributed by atoms with Gasteiger partial charge in [-0.2, -0.15) is 13.2 Å². The van der Waals surface area contributed by atoms with Gasteiger partial charge in [0, 0.05) is 11.7 Å². The normalized spacial score (nSPS) is 13.1. The monoisotopic (exact) mass is 290 g/mol. The van der Waals surface area contributed by atoms with Gasteiger partial charge in [0.25, 0.3) is 0 Å². The second-order valence-corrected chi connectivity index (χ2v) is 4.65. The van der Waals surface area contributed by atoms with Crippen LogP contribution in [0.3, 0.4) is 0 Å². The van der Waals surface area contributed by atoms with Gasteiger partial charge in [0.15, 0.2) is 0 Å². The number of rotatable bonds is 6. The molecule has 2 N–H and O–H groups in total. The molecule has 1 unspecified atom stereocenters. The fourth-order valence-electron chi connectivity index (χ4n) is 1.82. The predicted molar refractivity (Wildman–Crippen MR) is 68.9 cm³/mol. The summed E-state index contributed by atoms with van der Waals surface area (Å²) in [5.74, 6) is -0.971. The van der Waals surface area contributed by atoms with E-state index in [9.17, 15) is 18.0 Å². The standard InChI is InChI=1S/C13H17F3N2O2/c1-3-4-10-5-9(12(19)20)6-11(18-10)17-8(2)7-13(14,15)16/h5-6,8H,3-4,7H2,1-2H3,(H,17,18)(H,19,20). The first-order valence-electron chi connectivity index (χ1n) is 6.29. The van der Waals surface area contributed by atoms with Gasteiger partial charge in [-0.05, 0) is 25.5 Å². The lowest BCUT2D eigenvalue weighted by atomic mass is 10.1. The van der Waals surface area contributed by atoms with Gasteiger partial charge in [0.1, 0.15) is 5.82 Å². The number of anilines is 1. The summed E-state index contributed by atoms with van der Waals surface area (Å²) in [5, 5.41) is 11.6. The summed E-state index contributed by atoms with van der Waals surface area (Å²) >= 11 is 0. The number of carboxylic acids is 1. The number of carboxylic acid groups (broad SMARTS) is 1. The van der Waals surface area contributed by atoms with E-state index in [1.807, 2.05) is 6.92 Å². The molecule has 1 aromatic rings. The Bertz CT molecular complexity index is 475. The number of aromatic carboxylic acids is 1. The van der Waals surface area contributed by atoms with E-state index >= 15 is 0 Å². The molecule has 1 aromatic heterocycles. The number of aryl methyl sites for hydroxylation is 1. The number of hydrogen-bond acceptors (Lipinski definition) is 3. The maximum atomic E-state index is 12.3. The van der Waals surface area contributed by atoms with Crippen LogP contribution in [0.4, 0.5) is 19.0 Å². The minimum Gasteiger partial charge on any atom is -0.478 e. The molecule has 0 radical (unpaired) electrons. The Morgan fingerprint density at radius 1 is 1.45 bits per heavy atom. The highest BCUT2D eigenvalue weighted by molar-refractivity contribution is 5.88. The van der Waals surface area contributed by atoms with Gasteiger partial charge in [-0.3, -0.25) is 0 Å². The zero-order valence-corrected chi connectivity index (χ0v) is 11.3. The zero-order valence-electron chi connectivity index (χ0n) is 11.3. The van der Waals surface area contributed by atoms with Gasteiger partial charge in [0.2, 0.25) is 0 Å². The molecule has 1 rings (SSSR count). The third kappa shape index (κ3) is 5.46. The van der Waals surface area contributed by atoms with Crippen molar-refractivity contribution in [3.05, 3.63) is 23.4 Å². The van der Waals surface area contributed by atoms with Crippen molar-refractivity contribution in [3.8, 4) is 0 Å². The Kier molecular flexibility index (Phi) is 5.35. The van der Waals surface area contributed by atoms with Gasteiger partial charge in [0.05, 0.1) is 12.0 Å². The van der Waals surface area contributed by atoms with Gasteiger partial charge in [-0.15, -0.1) is 0 Å². The van der Waals surface area contributed by atoms with Gasteiger partial charge < -0.3 is 10.4 Å². The largest absolute Gasteiger partial charge is 0.478 e. The van der Waals surface area contributed by atoms with Crippen molar-refractivity contribution in [2.24, 2.45) is 0 Å². The number of halogens is 3. The van der Waals surface area contributed by atoms with E-state index in [4.69, 9.17) is 5.11 Å². The van der Waals surface area contributed by atoms with Crippen LogP contribution in [0.1, 0.15) is 42.7 Å². The average Bonchev–Trinajstić information content (AvgIpc) is 2.26. The molecule has 0 aromatic carbocycles. The highest BCUT2D eigenvalue weighted by Gasteiger charge is 2.30. The SMILES string of the molecule is CCCc1cc(C(=O)O)cc(NC(C)CC(F)(F)F)n1. The summed E-state index contributed by atoms with van der Waals surface area (Å²) < 4.78 is 36.8. The smallest absolute Gasteiger partial charge is 0.391 e. The molecule has 0 saturated carbocycles. The molecule has 0 aliphatic rings. The van der Waals surface area contributed by atoms with Crippen LogP contribution in [0.2, 0.25) is 0 Å². The first-order valence-corrected chi connectivity index (χ1v) is 6.29. The van der Waals surface area contributed by atoms with Crippen molar-refractivity contribution >= 4 is 11.8 Å². The lowest BCUT2D eigenvalue weighted by Gasteiger charge is -2.17. The van der Waals surface area contributed by atoms with Crippen molar-refractivity contribution in [2.75, 3.05) is 5.32 Å². The van der Waals surface area contributed by atoms with Crippen molar-refractivity contribution in [3.63, 3.8) is 0 Å². The highest BCUT2D eigenvalue weighted by atomic mass is 19.4. The molecule has 0 aliphatic carbocycles. The molecule has 112 valence electrons. The van der Waals surface area contributed by atoms with Gasteiger partial charge in [-0.1, -0.05) is 13.3 Å². The summed E-state index contributed by atoms with van der Waals surface area (Å²) in [7, 11) is 0. The first kappa shape index (κ1) is 16.3. The van der Waals surface area contributed by atoms with Crippen molar-refractivity contribution in [1.82, 2.24) is 4.98 Å². The summed E-state index contributed by atoms with van der Waals surface area (Å²) in [6, 6.07) is 1.81. The van der Waals surface area contributed by atoms with Crippen molar-refractivity contribution < 1.29 is 23.1 Å². The molecule has 1 heterocycles. The molecule has 0 bridgehead atoms. The van der Waals surface area contributed by atoms with E-state index in [2.05, 4.69) is 10.3 Å². The van der Waals surface area contributed by atoms with Crippen LogP contribution in [0.15, 0.2) is 12.1 Å². The van der Waals surface area contributed by atoms with E-state index < -0.39 is 24.6 Å². The number of aromatic nitrogens is 1. The van der Waals surface area contributed by atoms with E-state index in [0.717, 1.165) is 6.42 Å². The summed E-state index contributed by atoms with van der Waals surface area (Å²) in [6.07, 6.45) is -3.94. The Morgan fingerprint density at radius 2 is 2.10 bits per heavy atom. The number of nitrogens with one attached hydrogen (secondary N) is 1. The minimum atomic E-state index is -4.27. The van der Waals surface area contributed by atoms with Gasteiger partial charge >= 0.3 is 12.1 Å². The fourth-order valence-corrected chi connectivity index (χ4v) is 1.82. The molecule has 0 fully saturated rings. The number of hydrogen-bond donors (Lipinski definition) is 2. The van der Waals surface area contributed by atoms with Crippen molar-refractivity contribution in [1.29, 1.82) is 0 Å². The Morgan fingerprint density at radius 3 is 2.60 bits per heavy atom. The number of alkyl halides is 3. The quantitative estimate of drug-likeness (QED) is 0.842. The fraction of sp³-hybridized carbons (Fsp3) is 0.538. The van der Waals surface area contributed by atoms with Crippen molar-refractivity contribution in [2.45, 2.75) is 45.3 Å². The molecule has 0 amide bonds. The van der Waals surface area contributed by atoms with Crippen LogP contribution >= 0.6 is 0 Å². The maximum absolute atomic E-state index is 12.3. The molecule has 7 heteroatoms. The third-order valence-corrected chi connectivity index (χ3v) is 2.56. The van der Waals surface area contributed by atoms with E-state index in [1.54, 1.807) is 0 Å². The van der Waals surface area contributed by atoms with E-state index in [1.165, 1.54) is 19.1 Å². The molecule has 0 aliphatic heterocycles. The topological polar surface area (TPSA) is 62.2 Å². The lowest BCUT2D eigenvalue weighted by molar-refractivity contribution is -0.136. The summed E-state index contributed by atoms with van der Waals surface area (Å²) in [4.78, 5) is 15.1. The molecule has 0 saturated heterocycles. The Labute approximate surface area is 115 Å². The summed E-state index contributed by atoms with van der Waals surface area (Å²) in [5.41, 5.74) is 0.569. The second-order valence-electron chi connectivity index (χ2n) is 4.65. The maximum Gasteiger partial charge on any atom is 0.391 e. The Hall–Kier alpha value is -1.79. The highest BCUT2D eigenvalue weighted by Crippen LogP contribution is 2.23. The molecule has 20 heavy (non-hydrogen) atoms. The van der Waals surface area contributed by atoms with E-state index in [-0.39, 0.29) is 11.4 Å². The molecule has 4 nitrogen and oxygen atoms in total. The van der Waals surface area contributed by atoms with Crippen LogP contribution in [0.25, 0.3) is 0 Å². The van der Waals surface area contributed by atoms with Crippen LogP contribution in [-0.2, 0) is 6.42 Å². The first-order chi connectivity index (χ1) is 9.21. The zero-order chi connectivity index (χ0) is 15.3. The van der Waals surface area contributed by atoms with Crippen LogP contribution in [0.5, 0.6) is 0 Å². The van der Waals surface area contributed by atoms with Gasteiger partial charge in [-0.25, -0.2) is 9.78 Å². The van der Waals surface area contributed by atoms with Crippen LogP contribution in [0, 0.1) is 0 Å². The Balaban J connectivity index is 2.90. The summed E-state index contributed by atoms with van der Waals surface area (Å²) in [6.45, 7) is 3.29. The number of nitrogens with zero attached hydrogens (tertiary/aromatic N) is 1.